The molecule has 0 aliphatic carbocycles. The molecule has 0 bridgehead atoms. The first-order valence-electron chi connectivity index (χ1n) is 8.69. The van der Waals surface area contributed by atoms with Crippen molar-refractivity contribution in [3.8, 4) is 0 Å². The summed E-state index contributed by atoms with van der Waals surface area (Å²) in [4.78, 5) is 29.8. The summed E-state index contributed by atoms with van der Waals surface area (Å²) in [5.41, 5.74) is 0.298. The third-order valence-corrected chi connectivity index (χ3v) is 4.47. The summed E-state index contributed by atoms with van der Waals surface area (Å²) < 4.78 is 4.42. The molecule has 7 heteroatoms. The molecule has 3 rings (SSSR count). The molecule has 0 spiro atoms. The lowest BCUT2D eigenvalue weighted by Crippen LogP contribution is -2.40. The Balaban J connectivity index is 2.02. The van der Waals surface area contributed by atoms with Crippen LogP contribution in [-0.2, 0) is 20.1 Å². The standard InChI is InChI=1S/C19H24N4O3/c1-19(2,26)10-7-11-23-17(24)15-16(21(3)18(23)25)20-13-22(15)12-14-8-5-4-6-9-14/h4-6,8-9,13,26H,7,10-12H2,1-3H3. The first-order valence-corrected chi connectivity index (χ1v) is 8.69. The van der Waals surface area contributed by atoms with Crippen molar-refractivity contribution in [1.82, 2.24) is 18.7 Å². The minimum Gasteiger partial charge on any atom is -0.390 e. The van der Waals surface area contributed by atoms with Crippen LogP contribution in [0.25, 0.3) is 11.2 Å². The second-order valence-electron chi connectivity index (χ2n) is 7.24. The highest BCUT2D eigenvalue weighted by Crippen LogP contribution is 2.12. The van der Waals surface area contributed by atoms with Crippen molar-refractivity contribution in [3.63, 3.8) is 0 Å². The molecule has 3 aromatic rings. The normalized spacial score (nSPS) is 12.0. The SMILES string of the molecule is Cn1c(=O)n(CCCC(C)(C)O)c(=O)c2c1ncn2Cc1ccccc1. The monoisotopic (exact) mass is 356 g/mol. The summed E-state index contributed by atoms with van der Waals surface area (Å²) in [7, 11) is 1.62. The van der Waals surface area contributed by atoms with Crippen molar-refractivity contribution in [1.29, 1.82) is 0 Å². The summed E-state index contributed by atoms with van der Waals surface area (Å²) in [6.07, 6.45) is 2.64. The average molecular weight is 356 g/mol. The number of hydrogen-bond acceptors (Lipinski definition) is 4. The molecule has 0 aliphatic rings. The maximum atomic E-state index is 13.0. The Morgan fingerprint density at radius 2 is 1.85 bits per heavy atom. The Morgan fingerprint density at radius 3 is 2.50 bits per heavy atom. The van der Waals surface area contributed by atoms with Gasteiger partial charge in [0.1, 0.15) is 0 Å². The molecule has 2 heterocycles. The summed E-state index contributed by atoms with van der Waals surface area (Å²) in [5, 5.41) is 9.85. The summed E-state index contributed by atoms with van der Waals surface area (Å²) in [6, 6.07) is 9.79. The topological polar surface area (TPSA) is 82.0 Å². The average Bonchev–Trinajstić information content (AvgIpc) is 3.00. The highest BCUT2D eigenvalue weighted by atomic mass is 16.3. The van der Waals surface area contributed by atoms with E-state index in [9.17, 15) is 14.7 Å². The molecule has 2 aromatic heterocycles. The maximum absolute atomic E-state index is 13.0. The van der Waals surface area contributed by atoms with Gasteiger partial charge < -0.3 is 9.67 Å². The van der Waals surface area contributed by atoms with Gasteiger partial charge in [-0.3, -0.25) is 13.9 Å². The summed E-state index contributed by atoms with van der Waals surface area (Å²) in [6.45, 7) is 4.20. The van der Waals surface area contributed by atoms with Gasteiger partial charge in [-0.1, -0.05) is 30.3 Å². The van der Waals surface area contributed by atoms with Gasteiger partial charge in [-0.15, -0.1) is 0 Å². The molecule has 0 aliphatic heterocycles. The van der Waals surface area contributed by atoms with Crippen molar-refractivity contribution in [2.75, 3.05) is 0 Å². The molecule has 0 radical (unpaired) electrons. The number of fused-ring (bicyclic) bond motifs is 1. The molecule has 0 amide bonds. The molecule has 1 N–H and O–H groups in total. The molecular weight excluding hydrogens is 332 g/mol. The van der Waals surface area contributed by atoms with E-state index in [1.165, 1.54) is 9.13 Å². The largest absolute Gasteiger partial charge is 0.390 e. The Labute approximate surface area is 151 Å². The van der Waals surface area contributed by atoms with Crippen LogP contribution in [0.2, 0.25) is 0 Å². The fourth-order valence-electron chi connectivity index (χ4n) is 3.09. The number of benzene rings is 1. The van der Waals surface area contributed by atoms with E-state index in [1.54, 1.807) is 31.8 Å². The van der Waals surface area contributed by atoms with Crippen molar-refractivity contribution in [2.45, 2.75) is 45.4 Å². The minimum atomic E-state index is -0.825. The van der Waals surface area contributed by atoms with Crippen molar-refractivity contribution < 1.29 is 5.11 Å². The zero-order chi connectivity index (χ0) is 18.9. The van der Waals surface area contributed by atoms with Crippen molar-refractivity contribution in [2.24, 2.45) is 7.05 Å². The van der Waals surface area contributed by atoms with Gasteiger partial charge in [0.05, 0.1) is 11.9 Å². The van der Waals surface area contributed by atoms with Gasteiger partial charge in [0, 0.05) is 20.1 Å². The predicted octanol–water partition coefficient (Wildman–Crippen LogP) is 1.50. The molecule has 0 saturated carbocycles. The Kier molecular flexibility index (Phi) is 4.82. The lowest BCUT2D eigenvalue weighted by Gasteiger charge is -2.17. The lowest BCUT2D eigenvalue weighted by atomic mass is 10.0. The van der Waals surface area contributed by atoms with E-state index in [0.717, 1.165) is 5.56 Å². The Bertz CT molecular complexity index is 1020. The van der Waals surface area contributed by atoms with E-state index < -0.39 is 5.60 Å². The fourth-order valence-corrected chi connectivity index (χ4v) is 3.09. The second kappa shape index (κ2) is 6.92. The number of hydrogen-bond donors (Lipinski definition) is 1. The van der Waals surface area contributed by atoms with E-state index in [0.29, 0.717) is 30.6 Å². The van der Waals surface area contributed by atoms with Crippen LogP contribution in [0.4, 0.5) is 0 Å². The van der Waals surface area contributed by atoms with Crippen LogP contribution in [0.1, 0.15) is 32.3 Å². The van der Waals surface area contributed by atoms with Crippen LogP contribution in [0.3, 0.4) is 0 Å². The van der Waals surface area contributed by atoms with Gasteiger partial charge in [-0.05, 0) is 32.3 Å². The van der Waals surface area contributed by atoms with Crippen molar-refractivity contribution >= 4 is 11.2 Å². The third kappa shape index (κ3) is 3.62. The molecule has 26 heavy (non-hydrogen) atoms. The van der Waals surface area contributed by atoms with Gasteiger partial charge in [0.25, 0.3) is 5.56 Å². The maximum Gasteiger partial charge on any atom is 0.332 e. The van der Waals surface area contributed by atoms with Crippen LogP contribution in [0, 0.1) is 0 Å². The molecular formula is C19H24N4O3. The first-order chi connectivity index (χ1) is 12.3. The van der Waals surface area contributed by atoms with Gasteiger partial charge in [0.15, 0.2) is 11.2 Å². The highest BCUT2D eigenvalue weighted by Gasteiger charge is 2.17. The number of nitrogens with zero attached hydrogens (tertiary/aromatic N) is 4. The van der Waals surface area contributed by atoms with Gasteiger partial charge >= 0.3 is 5.69 Å². The molecule has 0 atom stereocenters. The van der Waals surface area contributed by atoms with E-state index in [4.69, 9.17) is 0 Å². The van der Waals surface area contributed by atoms with Crippen LogP contribution in [0.15, 0.2) is 46.2 Å². The van der Waals surface area contributed by atoms with Crippen LogP contribution in [0.5, 0.6) is 0 Å². The highest BCUT2D eigenvalue weighted by molar-refractivity contribution is 5.70. The number of aliphatic hydroxyl groups is 1. The van der Waals surface area contributed by atoms with Gasteiger partial charge in [-0.2, -0.15) is 0 Å². The zero-order valence-electron chi connectivity index (χ0n) is 15.3. The van der Waals surface area contributed by atoms with E-state index >= 15 is 0 Å². The Hall–Kier alpha value is -2.67. The number of aryl methyl sites for hydroxylation is 1. The zero-order valence-corrected chi connectivity index (χ0v) is 15.3. The van der Waals surface area contributed by atoms with Crippen molar-refractivity contribution in [3.05, 3.63) is 63.1 Å². The molecule has 0 unspecified atom stereocenters. The molecule has 138 valence electrons. The number of rotatable bonds is 6. The van der Waals surface area contributed by atoms with E-state index in [-0.39, 0.29) is 17.8 Å². The third-order valence-electron chi connectivity index (χ3n) is 4.47. The quantitative estimate of drug-likeness (QED) is 0.726. The molecule has 1 aromatic carbocycles. The number of imidazole rings is 1. The van der Waals surface area contributed by atoms with Crippen LogP contribution in [-0.4, -0.2) is 29.4 Å². The van der Waals surface area contributed by atoms with Gasteiger partial charge in [0.2, 0.25) is 0 Å². The summed E-state index contributed by atoms with van der Waals surface area (Å²) >= 11 is 0. The molecule has 7 nitrogen and oxygen atoms in total. The smallest absolute Gasteiger partial charge is 0.332 e. The fraction of sp³-hybridized carbons (Fsp3) is 0.421. The predicted molar refractivity (Wildman–Crippen MR) is 100 cm³/mol. The molecule has 0 saturated heterocycles. The van der Waals surface area contributed by atoms with E-state index in [1.807, 2.05) is 30.3 Å². The summed E-state index contributed by atoms with van der Waals surface area (Å²) in [5.74, 6) is 0. The number of aromatic nitrogens is 4. The minimum absolute atomic E-state index is 0.266. The first kappa shape index (κ1) is 18.1. The van der Waals surface area contributed by atoms with Crippen LogP contribution >= 0.6 is 0 Å². The second-order valence-corrected chi connectivity index (χ2v) is 7.24. The van der Waals surface area contributed by atoms with Crippen LogP contribution < -0.4 is 11.2 Å². The molecule has 0 fully saturated rings. The van der Waals surface area contributed by atoms with Gasteiger partial charge in [-0.25, -0.2) is 9.78 Å². The lowest BCUT2D eigenvalue weighted by molar-refractivity contribution is 0.0673. The van der Waals surface area contributed by atoms with E-state index in [2.05, 4.69) is 4.98 Å². The Morgan fingerprint density at radius 1 is 1.15 bits per heavy atom.